The number of carbonyl (C=O) groups is 2. The normalized spacial score (nSPS) is 10.3. The largest absolute Gasteiger partial charge is 0.467 e. The lowest BCUT2D eigenvalue weighted by Crippen LogP contribution is -2.30. The average Bonchev–Trinajstić information content (AvgIpc) is 3.11. The van der Waals surface area contributed by atoms with Crippen LogP contribution in [0, 0.1) is 0 Å². The molecule has 0 aliphatic heterocycles. The van der Waals surface area contributed by atoms with Gasteiger partial charge in [-0.25, -0.2) is 4.79 Å². The van der Waals surface area contributed by atoms with E-state index in [1.165, 1.54) is 11.8 Å². The molecule has 1 aromatic carbocycles. The summed E-state index contributed by atoms with van der Waals surface area (Å²) in [5.41, 5.74) is 1.43. The molecule has 0 radical (unpaired) electrons. The third-order valence-electron chi connectivity index (χ3n) is 3.56. The number of urea groups is 1. The maximum Gasteiger partial charge on any atom is 0.319 e. The number of furan rings is 1. The summed E-state index contributed by atoms with van der Waals surface area (Å²) in [6, 6.07) is 10.4. The third-order valence-corrected chi connectivity index (χ3v) is 3.56. The first-order chi connectivity index (χ1) is 12.1. The molecule has 0 aliphatic rings. The molecule has 2 N–H and O–H groups in total. The van der Waals surface area contributed by atoms with Gasteiger partial charge in [0, 0.05) is 38.5 Å². The van der Waals surface area contributed by atoms with E-state index in [1.54, 1.807) is 37.6 Å². The maximum atomic E-state index is 11.8. The van der Waals surface area contributed by atoms with Gasteiger partial charge in [0.15, 0.2) is 0 Å². The van der Waals surface area contributed by atoms with Gasteiger partial charge in [-0.1, -0.05) is 0 Å². The SMILES string of the molecule is CC(=O)N(C)c1ccc(NC(=O)NCCCOCc2ccco2)cc1. The topological polar surface area (TPSA) is 83.8 Å². The van der Waals surface area contributed by atoms with E-state index < -0.39 is 0 Å². The van der Waals surface area contributed by atoms with E-state index in [1.807, 2.05) is 12.1 Å². The molecule has 2 aromatic rings. The Morgan fingerprint density at radius 3 is 2.60 bits per heavy atom. The zero-order valence-corrected chi connectivity index (χ0v) is 14.5. The van der Waals surface area contributed by atoms with E-state index in [4.69, 9.17) is 9.15 Å². The molecule has 2 rings (SSSR count). The lowest BCUT2D eigenvalue weighted by Gasteiger charge is -2.15. The van der Waals surface area contributed by atoms with E-state index in [-0.39, 0.29) is 11.9 Å². The quantitative estimate of drug-likeness (QED) is 0.721. The number of rotatable bonds is 8. The Morgan fingerprint density at radius 1 is 1.20 bits per heavy atom. The summed E-state index contributed by atoms with van der Waals surface area (Å²) in [6.45, 7) is 2.97. The number of benzene rings is 1. The predicted molar refractivity (Wildman–Crippen MR) is 95.5 cm³/mol. The third kappa shape index (κ3) is 6.31. The minimum atomic E-state index is -0.279. The summed E-state index contributed by atoms with van der Waals surface area (Å²) in [5.74, 6) is 0.734. The summed E-state index contributed by atoms with van der Waals surface area (Å²) in [6.07, 6.45) is 2.31. The number of hydrogen-bond acceptors (Lipinski definition) is 4. The highest BCUT2D eigenvalue weighted by molar-refractivity contribution is 5.92. The van der Waals surface area contributed by atoms with Gasteiger partial charge in [-0.2, -0.15) is 0 Å². The van der Waals surface area contributed by atoms with E-state index in [0.29, 0.717) is 31.9 Å². The van der Waals surface area contributed by atoms with E-state index in [9.17, 15) is 9.59 Å². The summed E-state index contributed by atoms with van der Waals surface area (Å²) in [7, 11) is 1.70. The molecule has 3 amide bonds. The number of carbonyl (C=O) groups excluding carboxylic acids is 2. The zero-order chi connectivity index (χ0) is 18.1. The van der Waals surface area contributed by atoms with Gasteiger partial charge >= 0.3 is 6.03 Å². The van der Waals surface area contributed by atoms with Gasteiger partial charge in [0.25, 0.3) is 0 Å². The van der Waals surface area contributed by atoms with E-state index >= 15 is 0 Å². The molecule has 134 valence electrons. The van der Waals surface area contributed by atoms with E-state index in [0.717, 1.165) is 11.4 Å². The molecule has 25 heavy (non-hydrogen) atoms. The van der Waals surface area contributed by atoms with Crippen LogP contribution in [0.3, 0.4) is 0 Å². The molecule has 0 unspecified atom stereocenters. The van der Waals surface area contributed by atoms with Crippen LogP contribution >= 0.6 is 0 Å². The Hall–Kier alpha value is -2.80. The molecule has 1 aromatic heterocycles. The summed E-state index contributed by atoms with van der Waals surface area (Å²) in [5, 5.41) is 5.50. The van der Waals surface area contributed by atoms with Crippen LogP contribution in [0.25, 0.3) is 0 Å². The molecule has 0 aliphatic carbocycles. The van der Waals surface area contributed by atoms with Gasteiger partial charge in [0.1, 0.15) is 12.4 Å². The molecule has 1 heterocycles. The molecular formula is C18H23N3O4. The highest BCUT2D eigenvalue weighted by Crippen LogP contribution is 2.16. The van der Waals surface area contributed by atoms with Gasteiger partial charge in [-0.15, -0.1) is 0 Å². The number of nitrogens with one attached hydrogen (secondary N) is 2. The standard InChI is InChI=1S/C18H23N3O4/c1-14(22)21(2)16-8-6-15(7-9-16)20-18(23)19-10-4-11-24-13-17-5-3-12-25-17/h3,5-9,12H,4,10-11,13H2,1-2H3,(H2,19,20,23). The Morgan fingerprint density at radius 2 is 1.96 bits per heavy atom. The fourth-order valence-electron chi connectivity index (χ4n) is 2.07. The van der Waals surface area contributed by atoms with Crippen molar-refractivity contribution in [1.82, 2.24) is 5.32 Å². The lowest BCUT2D eigenvalue weighted by molar-refractivity contribution is -0.116. The van der Waals surface area contributed by atoms with Crippen molar-refractivity contribution < 1.29 is 18.7 Å². The second kappa shape index (κ2) is 9.48. The van der Waals surface area contributed by atoms with Crippen molar-refractivity contribution in [2.75, 3.05) is 30.4 Å². The van der Waals surface area contributed by atoms with Gasteiger partial charge in [0.05, 0.1) is 6.26 Å². The molecule has 0 bridgehead atoms. The molecule has 7 nitrogen and oxygen atoms in total. The number of amides is 3. The Balaban J connectivity index is 1.62. The highest BCUT2D eigenvalue weighted by atomic mass is 16.5. The minimum absolute atomic E-state index is 0.0484. The van der Waals surface area contributed by atoms with Gasteiger partial charge < -0.3 is 24.7 Å². The first-order valence-electron chi connectivity index (χ1n) is 8.05. The summed E-state index contributed by atoms with van der Waals surface area (Å²) in [4.78, 5) is 24.6. The van der Waals surface area contributed by atoms with Gasteiger partial charge in [-0.3, -0.25) is 4.79 Å². The minimum Gasteiger partial charge on any atom is -0.467 e. The van der Waals surface area contributed by atoms with Crippen molar-refractivity contribution in [3.63, 3.8) is 0 Å². The molecule has 0 fully saturated rings. The summed E-state index contributed by atoms with van der Waals surface area (Å²) < 4.78 is 10.6. The predicted octanol–water partition coefficient (Wildman–Crippen LogP) is 2.99. The monoisotopic (exact) mass is 345 g/mol. The van der Waals surface area contributed by atoms with Crippen LogP contribution in [-0.4, -0.2) is 32.1 Å². The summed E-state index contributed by atoms with van der Waals surface area (Å²) >= 11 is 0. The average molecular weight is 345 g/mol. The van der Waals surface area contributed by atoms with Crippen molar-refractivity contribution in [2.24, 2.45) is 0 Å². The Bertz CT molecular complexity index is 668. The molecule has 0 saturated heterocycles. The van der Waals surface area contributed by atoms with Crippen molar-refractivity contribution >= 4 is 23.3 Å². The molecule has 0 atom stereocenters. The van der Waals surface area contributed by atoms with Crippen LogP contribution in [0.4, 0.5) is 16.2 Å². The fourth-order valence-corrected chi connectivity index (χ4v) is 2.07. The van der Waals surface area contributed by atoms with Crippen LogP contribution in [0.5, 0.6) is 0 Å². The van der Waals surface area contributed by atoms with E-state index in [2.05, 4.69) is 10.6 Å². The van der Waals surface area contributed by atoms with Crippen LogP contribution in [0.2, 0.25) is 0 Å². The fraction of sp³-hybridized carbons (Fsp3) is 0.333. The number of anilines is 2. The molecular weight excluding hydrogens is 322 g/mol. The van der Waals surface area contributed by atoms with Gasteiger partial charge in [0.2, 0.25) is 5.91 Å². The highest BCUT2D eigenvalue weighted by Gasteiger charge is 2.06. The number of hydrogen-bond donors (Lipinski definition) is 2. The number of ether oxygens (including phenoxy) is 1. The molecule has 0 saturated carbocycles. The first kappa shape index (κ1) is 18.5. The van der Waals surface area contributed by atoms with Crippen molar-refractivity contribution in [2.45, 2.75) is 20.0 Å². The number of nitrogens with zero attached hydrogens (tertiary/aromatic N) is 1. The Kier molecular flexibility index (Phi) is 7.03. The van der Waals surface area contributed by atoms with Crippen LogP contribution < -0.4 is 15.5 Å². The molecule has 7 heteroatoms. The van der Waals surface area contributed by atoms with Crippen LogP contribution in [-0.2, 0) is 16.1 Å². The second-order valence-corrected chi connectivity index (χ2v) is 5.49. The smallest absolute Gasteiger partial charge is 0.319 e. The first-order valence-corrected chi connectivity index (χ1v) is 8.05. The van der Waals surface area contributed by atoms with Gasteiger partial charge in [-0.05, 0) is 42.8 Å². The van der Waals surface area contributed by atoms with Crippen molar-refractivity contribution in [3.8, 4) is 0 Å². The Labute approximate surface area is 146 Å². The lowest BCUT2D eigenvalue weighted by atomic mass is 10.2. The molecule has 0 spiro atoms. The van der Waals surface area contributed by atoms with Crippen molar-refractivity contribution in [1.29, 1.82) is 0 Å². The van der Waals surface area contributed by atoms with Crippen LogP contribution in [0.1, 0.15) is 19.1 Å². The zero-order valence-electron chi connectivity index (χ0n) is 14.5. The van der Waals surface area contributed by atoms with Crippen LogP contribution in [0.15, 0.2) is 47.1 Å². The second-order valence-electron chi connectivity index (χ2n) is 5.49. The van der Waals surface area contributed by atoms with Crippen molar-refractivity contribution in [3.05, 3.63) is 48.4 Å². The maximum absolute atomic E-state index is 11.8.